The number of benzene rings is 3. The lowest BCUT2D eigenvalue weighted by Gasteiger charge is -2.33. The molecule has 1 N–H and O–H groups in total. The Balaban J connectivity index is 2.05. The van der Waals surface area contributed by atoms with Crippen molar-refractivity contribution in [3.05, 3.63) is 84.4 Å². The van der Waals surface area contributed by atoms with Gasteiger partial charge in [0.1, 0.15) is 24.1 Å². The summed E-state index contributed by atoms with van der Waals surface area (Å²) in [5.41, 5.74) is 1.04. The van der Waals surface area contributed by atoms with Crippen molar-refractivity contribution in [2.75, 3.05) is 31.6 Å². The summed E-state index contributed by atoms with van der Waals surface area (Å²) in [4.78, 5) is 28.7. The third-order valence-corrected chi connectivity index (χ3v) is 8.19. The fourth-order valence-corrected chi connectivity index (χ4v) is 5.65. The van der Waals surface area contributed by atoms with Gasteiger partial charge in [-0.15, -0.1) is 0 Å². The molecule has 0 aromatic heterocycles. The smallest absolute Gasteiger partial charge is 0.264 e. The molecule has 3 aromatic rings. The second-order valence-electron chi connectivity index (χ2n) is 9.11. The lowest BCUT2D eigenvalue weighted by atomic mass is 10.1. The van der Waals surface area contributed by atoms with Gasteiger partial charge in [-0.25, -0.2) is 8.42 Å². The van der Waals surface area contributed by atoms with Gasteiger partial charge in [0.2, 0.25) is 11.8 Å². The van der Waals surface area contributed by atoms with E-state index >= 15 is 0 Å². The fourth-order valence-electron chi connectivity index (χ4n) is 4.23. The van der Waals surface area contributed by atoms with Gasteiger partial charge >= 0.3 is 0 Å². The first-order valence-corrected chi connectivity index (χ1v) is 14.6. The van der Waals surface area contributed by atoms with Gasteiger partial charge in [-0.3, -0.25) is 13.9 Å². The summed E-state index contributed by atoms with van der Waals surface area (Å²) >= 11 is 0. The number of carbonyl (C=O) groups is 2. The van der Waals surface area contributed by atoms with Crippen molar-refractivity contribution in [3.8, 4) is 11.5 Å². The second-order valence-corrected chi connectivity index (χ2v) is 11.0. The first-order chi connectivity index (χ1) is 19.2. The van der Waals surface area contributed by atoms with E-state index in [-0.39, 0.29) is 23.0 Å². The van der Waals surface area contributed by atoms with Crippen LogP contribution in [0.1, 0.15) is 32.3 Å². The van der Waals surface area contributed by atoms with Gasteiger partial charge in [0.15, 0.2) is 0 Å². The minimum atomic E-state index is -4.14. The molecule has 0 aliphatic carbocycles. The quantitative estimate of drug-likeness (QED) is 0.313. The summed E-state index contributed by atoms with van der Waals surface area (Å²) in [6.07, 6.45) is 1.09. The number of hydrogen-bond acceptors (Lipinski definition) is 6. The Hall–Kier alpha value is -4.05. The molecular formula is C30H37N3O6S. The van der Waals surface area contributed by atoms with Gasteiger partial charge in [0, 0.05) is 19.2 Å². The van der Waals surface area contributed by atoms with E-state index in [2.05, 4.69) is 5.32 Å². The summed E-state index contributed by atoms with van der Waals surface area (Å²) in [6, 6.07) is 20.8. The Bertz CT molecular complexity index is 1360. The van der Waals surface area contributed by atoms with Crippen molar-refractivity contribution in [1.29, 1.82) is 0 Å². The van der Waals surface area contributed by atoms with Crippen LogP contribution in [-0.4, -0.2) is 58.5 Å². The number of carbonyl (C=O) groups excluding carboxylic acids is 2. The number of nitrogens with zero attached hydrogens (tertiary/aromatic N) is 2. The van der Waals surface area contributed by atoms with Crippen LogP contribution in [0.3, 0.4) is 0 Å². The monoisotopic (exact) mass is 567 g/mol. The molecule has 1 atom stereocenters. The number of nitrogens with one attached hydrogen (secondary N) is 1. The summed E-state index contributed by atoms with van der Waals surface area (Å²) in [5.74, 6) is 0.299. The van der Waals surface area contributed by atoms with E-state index in [0.29, 0.717) is 24.5 Å². The number of hydrogen-bond donors (Lipinski definition) is 1. The van der Waals surface area contributed by atoms with Crippen molar-refractivity contribution < 1.29 is 27.5 Å². The maximum atomic E-state index is 14.0. The molecule has 0 unspecified atom stereocenters. The molecule has 0 saturated carbocycles. The molecule has 0 bridgehead atoms. The molecule has 0 saturated heterocycles. The molecule has 0 spiro atoms. The Morgan fingerprint density at radius 2 is 1.55 bits per heavy atom. The van der Waals surface area contributed by atoms with Crippen molar-refractivity contribution in [1.82, 2.24) is 10.2 Å². The van der Waals surface area contributed by atoms with Crippen LogP contribution in [0.15, 0.2) is 83.8 Å². The summed E-state index contributed by atoms with van der Waals surface area (Å²) < 4.78 is 39.3. The minimum Gasteiger partial charge on any atom is -0.497 e. The maximum absolute atomic E-state index is 14.0. The highest BCUT2D eigenvalue weighted by Gasteiger charge is 2.33. The van der Waals surface area contributed by atoms with Gasteiger partial charge in [-0.1, -0.05) is 50.2 Å². The Morgan fingerprint density at radius 1 is 0.875 bits per heavy atom. The maximum Gasteiger partial charge on any atom is 0.264 e. The lowest BCUT2D eigenvalue weighted by molar-refractivity contribution is -0.140. The molecule has 0 heterocycles. The fraction of sp³-hybridized carbons (Fsp3) is 0.333. The average molecular weight is 568 g/mol. The van der Waals surface area contributed by atoms with Gasteiger partial charge in [-0.05, 0) is 54.8 Å². The van der Waals surface area contributed by atoms with Crippen molar-refractivity contribution >= 4 is 27.5 Å². The first kappa shape index (κ1) is 30.5. The highest BCUT2D eigenvalue weighted by molar-refractivity contribution is 7.92. The van der Waals surface area contributed by atoms with Crippen LogP contribution in [-0.2, 0) is 26.2 Å². The number of amides is 2. The van der Waals surface area contributed by atoms with E-state index in [1.165, 1.54) is 24.1 Å². The third-order valence-electron chi connectivity index (χ3n) is 6.40. The SMILES string of the molecule is CCCNC(=O)[C@@H](CC)N(Cc1ccc(OC)cc1)C(=O)CN(c1cccc(OC)c1)S(=O)(=O)c1ccccc1. The number of rotatable bonds is 14. The molecule has 0 radical (unpaired) electrons. The van der Waals surface area contributed by atoms with Crippen LogP contribution in [0.2, 0.25) is 0 Å². The zero-order valence-corrected chi connectivity index (χ0v) is 24.2. The molecule has 0 aliphatic rings. The van der Waals surface area contributed by atoms with Crippen LogP contribution in [0, 0.1) is 0 Å². The highest BCUT2D eigenvalue weighted by atomic mass is 32.2. The molecule has 3 rings (SSSR count). The second kappa shape index (κ2) is 14.4. The predicted molar refractivity (Wildman–Crippen MR) is 155 cm³/mol. The normalized spacial score (nSPS) is 11.8. The largest absolute Gasteiger partial charge is 0.497 e. The van der Waals surface area contributed by atoms with Crippen LogP contribution in [0.25, 0.3) is 0 Å². The summed E-state index contributed by atoms with van der Waals surface area (Å²) in [6.45, 7) is 3.83. The van der Waals surface area contributed by atoms with E-state index in [9.17, 15) is 18.0 Å². The standard InChI is InChI=1S/C30H37N3O6S/c1-5-19-31-30(35)28(6-2)32(21-23-15-17-25(38-3)18-16-23)29(34)22-33(24-11-10-12-26(20-24)39-4)40(36,37)27-13-8-7-9-14-27/h7-18,20,28H,5-6,19,21-22H2,1-4H3,(H,31,35)/t28-/m1/s1. The number of methoxy groups -OCH3 is 2. The molecule has 9 nitrogen and oxygen atoms in total. The van der Waals surface area contributed by atoms with E-state index < -0.39 is 28.5 Å². The Morgan fingerprint density at radius 3 is 2.15 bits per heavy atom. The Labute approximate surface area is 236 Å². The van der Waals surface area contributed by atoms with Crippen LogP contribution >= 0.6 is 0 Å². The predicted octanol–water partition coefficient (Wildman–Crippen LogP) is 4.23. The molecule has 10 heteroatoms. The zero-order valence-electron chi connectivity index (χ0n) is 23.4. The Kier molecular flexibility index (Phi) is 11.0. The zero-order chi connectivity index (χ0) is 29.1. The molecule has 40 heavy (non-hydrogen) atoms. The van der Waals surface area contributed by atoms with Gasteiger partial charge in [0.05, 0.1) is 24.8 Å². The highest BCUT2D eigenvalue weighted by Crippen LogP contribution is 2.28. The molecular weight excluding hydrogens is 530 g/mol. The van der Waals surface area contributed by atoms with Crippen molar-refractivity contribution in [3.63, 3.8) is 0 Å². The molecule has 0 aliphatic heterocycles. The topological polar surface area (TPSA) is 105 Å². The van der Waals surface area contributed by atoms with Gasteiger partial charge in [-0.2, -0.15) is 0 Å². The third kappa shape index (κ3) is 7.53. The minimum absolute atomic E-state index is 0.0417. The average Bonchev–Trinajstić information content (AvgIpc) is 2.99. The van der Waals surface area contributed by atoms with E-state index in [4.69, 9.17) is 9.47 Å². The molecule has 2 amide bonds. The molecule has 0 fully saturated rings. The first-order valence-electron chi connectivity index (χ1n) is 13.2. The number of anilines is 1. The summed E-state index contributed by atoms with van der Waals surface area (Å²) in [7, 11) is -1.09. The van der Waals surface area contributed by atoms with E-state index in [1.807, 2.05) is 26.0 Å². The van der Waals surface area contributed by atoms with E-state index in [1.54, 1.807) is 61.7 Å². The van der Waals surface area contributed by atoms with Crippen molar-refractivity contribution in [2.24, 2.45) is 0 Å². The molecule has 3 aromatic carbocycles. The molecule has 214 valence electrons. The summed E-state index contributed by atoms with van der Waals surface area (Å²) in [5, 5.41) is 2.88. The van der Waals surface area contributed by atoms with Crippen LogP contribution < -0.4 is 19.1 Å². The van der Waals surface area contributed by atoms with Crippen LogP contribution in [0.4, 0.5) is 5.69 Å². The van der Waals surface area contributed by atoms with Gasteiger partial charge in [0.25, 0.3) is 10.0 Å². The van der Waals surface area contributed by atoms with Gasteiger partial charge < -0.3 is 19.7 Å². The number of ether oxygens (including phenoxy) is 2. The van der Waals surface area contributed by atoms with Crippen LogP contribution in [0.5, 0.6) is 11.5 Å². The van der Waals surface area contributed by atoms with E-state index in [0.717, 1.165) is 16.3 Å². The lowest BCUT2D eigenvalue weighted by Crippen LogP contribution is -2.52. The van der Waals surface area contributed by atoms with Crippen molar-refractivity contribution in [2.45, 2.75) is 44.2 Å². The number of sulfonamides is 1.